The van der Waals surface area contributed by atoms with Crippen molar-refractivity contribution in [3.63, 3.8) is 0 Å². The van der Waals surface area contributed by atoms with E-state index >= 15 is 0 Å². The van der Waals surface area contributed by atoms with E-state index in [-0.39, 0.29) is 31.8 Å². The lowest BCUT2D eigenvalue weighted by atomic mass is 10.1. The highest BCUT2D eigenvalue weighted by Gasteiger charge is 2.37. The zero-order chi connectivity index (χ0) is 28.4. The van der Waals surface area contributed by atoms with Crippen LogP contribution in [0.2, 0.25) is 0 Å². The van der Waals surface area contributed by atoms with Crippen LogP contribution in [0.4, 0.5) is 23.2 Å². The zero-order valence-electron chi connectivity index (χ0n) is 20.9. The number of carboxylic acids is 1. The second kappa shape index (κ2) is 11.5. The molecule has 3 aromatic carbocycles. The fourth-order valence-electron chi connectivity index (χ4n) is 4.51. The van der Waals surface area contributed by atoms with Crippen molar-refractivity contribution in [2.75, 3.05) is 25.0 Å². The quantitative estimate of drug-likeness (QED) is 0.262. The van der Waals surface area contributed by atoms with Crippen LogP contribution in [0.5, 0.6) is 0 Å². The molecule has 40 heavy (non-hydrogen) atoms. The van der Waals surface area contributed by atoms with Gasteiger partial charge in [-0.25, -0.2) is 27.1 Å². The number of hydrogen-bond acceptors (Lipinski definition) is 6. The Bertz CT molecular complexity index is 1530. The number of nitrogens with one attached hydrogen (secondary N) is 1. The average molecular weight is 557 g/mol. The highest BCUT2D eigenvalue weighted by molar-refractivity contribution is 5.72. The summed E-state index contributed by atoms with van der Waals surface area (Å²) >= 11 is 0. The first-order valence-corrected chi connectivity index (χ1v) is 12.3. The number of carbonyl (C=O) groups is 1. The van der Waals surface area contributed by atoms with Gasteiger partial charge in [0.15, 0.2) is 11.6 Å². The first-order valence-electron chi connectivity index (χ1n) is 12.3. The van der Waals surface area contributed by atoms with Crippen LogP contribution in [0, 0.1) is 23.3 Å². The Morgan fingerprint density at radius 1 is 1.00 bits per heavy atom. The van der Waals surface area contributed by atoms with Crippen molar-refractivity contribution >= 4 is 11.7 Å². The number of ether oxygens (including phenoxy) is 1. The fourth-order valence-corrected chi connectivity index (χ4v) is 4.51. The van der Waals surface area contributed by atoms with Crippen molar-refractivity contribution < 1.29 is 37.3 Å². The number of nitrogens with zero attached hydrogens (tertiary/aromatic N) is 3. The normalized spacial score (nSPS) is 17.3. The van der Waals surface area contributed by atoms with Gasteiger partial charge in [-0.2, -0.15) is 5.10 Å². The van der Waals surface area contributed by atoms with Gasteiger partial charge < -0.3 is 20.3 Å². The van der Waals surface area contributed by atoms with E-state index in [4.69, 9.17) is 9.84 Å². The number of aliphatic carboxylic acids is 1. The van der Waals surface area contributed by atoms with Crippen LogP contribution in [0.1, 0.15) is 17.4 Å². The minimum atomic E-state index is -1.08. The van der Waals surface area contributed by atoms with Crippen molar-refractivity contribution in [1.29, 1.82) is 0 Å². The fraction of sp³-hybridized carbons (Fsp3) is 0.214. The molecule has 0 radical (unpaired) electrons. The molecular formula is C28H24F4N4O4. The van der Waals surface area contributed by atoms with E-state index < -0.39 is 41.7 Å². The van der Waals surface area contributed by atoms with E-state index in [1.807, 2.05) is 0 Å². The summed E-state index contributed by atoms with van der Waals surface area (Å²) < 4.78 is 63.1. The molecule has 2 atom stereocenters. The van der Waals surface area contributed by atoms with Crippen molar-refractivity contribution in [2.45, 2.75) is 18.9 Å². The summed E-state index contributed by atoms with van der Waals surface area (Å²) in [6.07, 6.45) is -0.124. The Balaban J connectivity index is 1.44. The second-order valence-corrected chi connectivity index (χ2v) is 9.19. The lowest BCUT2D eigenvalue weighted by molar-refractivity contribution is -0.134. The van der Waals surface area contributed by atoms with Crippen LogP contribution >= 0.6 is 0 Å². The van der Waals surface area contributed by atoms with Crippen LogP contribution in [-0.2, 0) is 16.0 Å². The molecule has 0 amide bonds. The molecule has 1 aromatic heterocycles. The maximum atomic E-state index is 14.7. The first-order chi connectivity index (χ1) is 19.2. The molecule has 1 fully saturated rings. The Labute approximate surface area is 226 Å². The van der Waals surface area contributed by atoms with Crippen molar-refractivity contribution in [3.05, 3.63) is 101 Å². The Morgan fingerprint density at radius 3 is 2.48 bits per heavy atom. The van der Waals surface area contributed by atoms with Crippen LogP contribution in [0.3, 0.4) is 0 Å². The summed E-state index contributed by atoms with van der Waals surface area (Å²) in [7, 11) is 0. The van der Waals surface area contributed by atoms with E-state index in [9.17, 15) is 27.5 Å². The highest BCUT2D eigenvalue weighted by Crippen LogP contribution is 2.37. The molecule has 0 spiro atoms. The molecule has 2 heterocycles. The summed E-state index contributed by atoms with van der Waals surface area (Å²) in [6.45, 7) is -0.235. The molecule has 0 bridgehead atoms. The van der Waals surface area contributed by atoms with E-state index in [0.29, 0.717) is 28.1 Å². The minimum Gasteiger partial charge on any atom is -0.480 e. The van der Waals surface area contributed by atoms with Gasteiger partial charge >= 0.3 is 5.97 Å². The van der Waals surface area contributed by atoms with Gasteiger partial charge in [0.1, 0.15) is 30.6 Å². The number of aliphatic hydroxyl groups is 1. The van der Waals surface area contributed by atoms with E-state index in [2.05, 4.69) is 10.4 Å². The topological polar surface area (TPSA) is 99.9 Å². The van der Waals surface area contributed by atoms with Crippen molar-refractivity contribution in [1.82, 2.24) is 14.7 Å². The summed E-state index contributed by atoms with van der Waals surface area (Å²) in [4.78, 5) is 12.3. The molecule has 5 rings (SSSR count). The lowest BCUT2D eigenvalue weighted by Crippen LogP contribution is -2.34. The maximum absolute atomic E-state index is 14.7. The Kier molecular flexibility index (Phi) is 7.83. The molecule has 8 nitrogen and oxygen atoms in total. The predicted molar refractivity (Wildman–Crippen MR) is 137 cm³/mol. The lowest BCUT2D eigenvalue weighted by Gasteiger charge is -2.25. The summed E-state index contributed by atoms with van der Waals surface area (Å²) in [5.74, 6) is -4.14. The largest absolute Gasteiger partial charge is 0.480 e. The summed E-state index contributed by atoms with van der Waals surface area (Å²) in [6, 6.07) is 13.2. The van der Waals surface area contributed by atoms with Gasteiger partial charge in [0.25, 0.3) is 0 Å². The molecular weight excluding hydrogens is 532 g/mol. The molecule has 4 aromatic rings. The molecule has 1 saturated heterocycles. The minimum absolute atomic E-state index is 0.0512. The molecule has 2 unspecified atom stereocenters. The summed E-state index contributed by atoms with van der Waals surface area (Å²) in [5, 5.41) is 26.6. The van der Waals surface area contributed by atoms with Gasteiger partial charge in [0, 0.05) is 35.6 Å². The van der Waals surface area contributed by atoms with Gasteiger partial charge in [-0.05, 0) is 60.5 Å². The van der Waals surface area contributed by atoms with Gasteiger partial charge in [-0.15, -0.1) is 0 Å². The number of benzene rings is 3. The summed E-state index contributed by atoms with van der Waals surface area (Å²) in [5.41, 5.74) is 2.26. The van der Waals surface area contributed by atoms with Gasteiger partial charge in [-0.3, -0.25) is 4.79 Å². The molecule has 1 aliphatic heterocycles. The van der Waals surface area contributed by atoms with Crippen LogP contribution < -0.4 is 5.32 Å². The van der Waals surface area contributed by atoms with Crippen molar-refractivity contribution in [3.8, 4) is 16.9 Å². The number of hydrogen-bond donors (Lipinski definition) is 3. The third-order valence-electron chi connectivity index (χ3n) is 6.52. The maximum Gasteiger partial charge on any atom is 0.322 e. The molecule has 0 saturated carbocycles. The number of halogens is 4. The second-order valence-electron chi connectivity index (χ2n) is 9.19. The first kappa shape index (κ1) is 27.3. The third kappa shape index (κ3) is 5.83. The number of aromatic nitrogens is 2. The van der Waals surface area contributed by atoms with E-state index in [0.717, 1.165) is 12.1 Å². The Hall–Kier alpha value is -4.26. The molecule has 1 aliphatic rings. The van der Waals surface area contributed by atoms with E-state index in [1.54, 1.807) is 17.2 Å². The molecule has 208 valence electrons. The SMILES string of the molecule is O=C(O)CNc1ccc(CCN2C(O)COC2c2cn(-c3ccc(F)c(F)c3)nc2-c2ccc(F)cc2)c(F)c1. The predicted octanol–water partition coefficient (Wildman–Crippen LogP) is 4.48. The van der Waals surface area contributed by atoms with Crippen LogP contribution in [-0.4, -0.2) is 56.8 Å². The van der Waals surface area contributed by atoms with Gasteiger partial charge in [-0.1, -0.05) is 6.07 Å². The van der Waals surface area contributed by atoms with E-state index in [1.165, 1.54) is 47.1 Å². The number of rotatable bonds is 9. The monoisotopic (exact) mass is 556 g/mol. The number of aliphatic hydroxyl groups excluding tert-OH is 1. The standard InChI is InChI=1S/C28H24F4N4O4/c29-18-4-1-17(2-5-18)27-21(14-36(34-27)20-7-8-22(30)24(32)12-20)28-35(25(37)15-40-28)10-9-16-3-6-19(11-23(16)31)33-13-26(38)39/h1-8,11-12,14,25,28,33,37H,9-10,13,15H2,(H,38,39). The van der Waals surface area contributed by atoms with Crippen molar-refractivity contribution in [2.24, 2.45) is 0 Å². The highest BCUT2D eigenvalue weighted by atomic mass is 19.2. The van der Waals surface area contributed by atoms with Gasteiger partial charge in [0.2, 0.25) is 0 Å². The number of anilines is 1. The van der Waals surface area contributed by atoms with Crippen LogP contribution in [0.15, 0.2) is 66.9 Å². The third-order valence-corrected chi connectivity index (χ3v) is 6.52. The average Bonchev–Trinajstić information content (AvgIpc) is 3.52. The smallest absolute Gasteiger partial charge is 0.322 e. The van der Waals surface area contributed by atoms with Crippen LogP contribution in [0.25, 0.3) is 16.9 Å². The number of carboxylic acid groups (broad SMARTS) is 1. The molecule has 0 aliphatic carbocycles. The van der Waals surface area contributed by atoms with Gasteiger partial charge in [0.05, 0.1) is 18.0 Å². The Morgan fingerprint density at radius 2 is 1.77 bits per heavy atom. The molecule has 3 N–H and O–H groups in total. The zero-order valence-corrected chi connectivity index (χ0v) is 20.9. The molecule has 12 heteroatoms.